The van der Waals surface area contributed by atoms with Crippen molar-refractivity contribution in [3.05, 3.63) is 30.2 Å². The normalized spacial score (nSPS) is 21.8. The highest BCUT2D eigenvalue weighted by atomic mass is 19.1. The number of hydrogen-bond acceptors (Lipinski definition) is 7. The van der Waals surface area contributed by atoms with Crippen molar-refractivity contribution in [2.45, 2.75) is 63.9 Å². The van der Waals surface area contributed by atoms with E-state index < -0.39 is 17.6 Å². The number of alkyl halides is 1. The Labute approximate surface area is 194 Å². The zero-order valence-electron chi connectivity index (χ0n) is 19.3. The van der Waals surface area contributed by atoms with Crippen LogP contribution in [0.5, 0.6) is 5.88 Å². The minimum atomic E-state index is -1.10. The van der Waals surface area contributed by atoms with Gasteiger partial charge in [-0.1, -0.05) is 11.3 Å². The van der Waals surface area contributed by atoms with Crippen molar-refractivity contribution in [2.24, 2.45) is 0 Å². The van der Waals surface area contributed by atoms with Gasteiger partial charge >= 0.3 is 0 Å². The number of aromatic nitrogens is 6. The topological polar surface area (TPSA) is 102 Å². The van der Waals surface area contributed by atoms with Crippen LogP contribution in [0.25, 0.3) is 27.7 Å². The zero-order valence-corrected chi connectivity index (χ0v) is 19.3. The SMILES string of the molecule is COc1nc(NC2CCC(C)(O)CC2)nn2cc(F)c(-c3ccc4nnn(C[C@H](C)F)c4c3)c12. The first-order valence-corrected chi connectivity index (χ1v) is 11.3. The predicted octanol–water partition coefficient (Wildman–Crippen LogP) is 3.75. The molecule has 9 nitrogen and oxygen atoms in total. The summed E-state index contributed by atoms with van der Waals surface area (Å²) in [6, 6.07) is 5.30. The Balaban J connectivity index is 1.53. The third kappa shape index (κ3) is 4.15. The summed E-state index contributed by atoms with van der Waals surface area (Å²) >= 11 is 0. The molecule has 0 unspecified atom stereocenters. The van der Waals surface area contributed by atoms with E-state index in [1.54, 1.807) is 18.2 Å². The first kappa shape index (κ1) is 22.5. The summed E-state index contributed by atoms with van der Waals surface area (Å²) in [4.78, 5) is 4.48. The molecule has 0 aliphatic heterocycles. The average molecular weight is 472 g/mol. The van der Waals surface area contributed by atoms with E-state index in [1.807, 2.05) is 6.92 Å². The van der Waals surface area contributed by atoms with E-state index >= 15 is 4.39 Å². The Morgan fingerprint density at radius 3 is 2.79 bits per heavy atom. The average Bonchev–Trinajstić information content (AvgIpc) is 3.33. The van der Waals surface area contributed by atoms with Crippen LogP contribution in [0.3, 0.4) is 0 Å². The van der Waals surface area contributed by atoms with Crippen molar-refractivity contribution in [3.63, 3.8) is 0 Å². The Bertz CT molecular complexity index is 1340. The molecule has 1 saturated carbocycles. The summed E-state index contributed by atoms with van der Waals surface area (Å²) in [5.41, 5.74) is 1.77. The number of ether oxygens (including phenoxy) is 1. The molecular weight excluding hydrogens is 444 g/mol. The molecule has 180 valence electrons. The number of halogens is 2. The van der Waals surface area contributed by atoms with Gasteiger partial charge in [-0.3, -0.25) is 0 Å². The van der Waals surface area contributed by atoms with Crippen LogP contribution in [0, 0.1) is 5.82 Å². The second-order valence-corrected chi connectivity index (χ2v) is 9.26. The second-order valence-electron chi connectivity index (χ2n) is 9.26. The molecule has 0 amide bonds. The van der Waals surface area contributed by atoms with Gasteiger partial charge in [-0.05, 0) is 57.2 Å². The number of anilines is 1. The van der Waals surface area contributed by atoms with Gasteiger partial charge in [0.15, 0.2) is 5.82 Å². The molecule has 11 heteroatoms. The van der Waals surface area contributed by atoms with E-state index in [-0.39, 0.29) is 24.0 Å². The highest BCUT2D eigenvalue weighted by molar-refractivity contribution is 5.89. The van der Waals surface area contributed by atoms with Crippen LogP contribution in [0.15, 0.2) is 24.4 Å². The minimum Gasteiger partial charge on any atom is -0.479 e. The molecule has 0 radical (unpaired) electrons. The van der Waals surface area contributed by atoms with Crippen LogP contribution in [-0.4, -0.2) is 59.6 Å². The van der Waals surface area contributed by atoms with Gasteiger partial charge in [-0.2, -0.15) is 4.98 Å². The van der Waals surface area contributed by atoms with Crippen LogP contribution in [-0.2, 0) is 6.54 Å². The third-order valence-electron chi connectivity index (χ3n) is 6.37. The number of rotatable bonds is 6. The van der Waals surface area contributed by atoms with Gasteiger partial charge in [0, 0.05) is 6.04 Å². The molecule has 1 atom stereocenters. The quantitative estimate of drug-likeness (QED) is 0.442. The first-order valence-electron chi connectivity index (χ1n) is 11.3. The fourth-order valence-corrected chi connectivity index (χ4v) is 4.56. The largest absolute Gasteiger partial charge is 0.479 e. The smallest absolute Gasteiger partial charge is 0.244 e. The van der Waals surface area contributed by atoms with Crippen molar-refractivity contribution in [2.75, 3.05) is 12.4 Å². The summed E-state index contributed by atoms with van der Waals surface area (Å²) < 4.78 is 37.2. The Hall–Kier alpha value is -3.34. The number of methoxy groups -OCH3 is 1. The molecule has 1 aromatic carbocycles. The Morgan fingerprint density at radius 2 is 2.09 bits per heavy atom. The maximum atomic E-state index is 15.2. The van der Waals surface area contributed by atoms with Crippen LogP contribution in [0.4, 0.5) is 14.7 Å². The van der Waals surface area contributed by atoms with E-state index in [4.69, 9.17) is 4.74 Å². The molecule has 1 fully saturated rings. The molecule has 2 N–H and O–H groups in total. The monoisotopic (exact) mass is 471 g/mol. The Morgan fingerprint density at radius 1 is 1.32 bits per heavy atom. The number of hydrogen-bond donors (Lipinski definition) is 2. The molecule has 1 aliphatic rings. The lowest BCUT2D eigenvalue weighted by atomic mass is 9.84. The number of nitrogens with one attached hydrogen (secondary N) is 1. The molecule has 0 bridgehead atoms. The molecule has 3 heterocycles. The van der Waals surface area contributed by atoms with E-state index in [9.17, 15) is 9.50 Å². The van der Waals surface area contributed by atoms with Gasteiger partial charge < -0.3 is 15.2 Å². The standard InChI is InChI=1S/C23H27F2N7O2/c1-13(24)11-31-18-10-14(4-5-17(18)28-30-31)19-16(25)12-32-20(19)21(34-3)27-22(29-32)26-15-6-8-23(2,33)9-7-15/h4-5,10,12-13,15,33H,6-9,11H2,1-3H3,(H,26,29)/t13-,15?,23?/m0/s1. The van der Waals surface area contributed by atoms with Crippen molar-refractivity contribution >= 4 is 22.5 Å². The van der Waals surface area contributed by atoms with E-state index in [1.165, 1.54) is 29.4 Å². The maximum Gasteiger partial charge on any atom is 0.244 e. The van der Waals surface area contributed by atoms with Crippen LogP contribution >= 0.6 is 0 Å². The van der Waals surface area contributed by atoms with Crippen molar-refractivity contribution in [1.82, 2.24) is 29.6 Å². The van der Waals surface area contributed by atoms with E-state index in [0.717, 1.165) is 12.8 Å². The fraction of sp³-hybridized carbons (Fsp3) is 0.478. The van der Waals surface area contributed by atoms with E-state index in [2.05, 4.69) is 25.7 Å². The first-order chi connectivity index (χ1) is 16.2. The van der Waals surface area contributed by atoms with Crippen molar-refractivity contribution < 1.29 is 18.6 Å². The van der Waals surface area contributed by atoms with Gasteiger partial charge in [0.05, 0.1) is 36.5 Å². The van der Waals surface area contributed by atoms with Crippen LogP contribution < -0.4 is 10.1 Å². The Kier molecular flexibility index (Phi) is 5.59. The number of nitrogens with zero attached hydrogens (tertiary/aromatic N) is 6. The lowest BCUT2D eigenvalue weighted by Gasteiger charge is -2.33. The zero-order chi connectivity index (χ0) is 24.0. The molecule has 0 spiro atoms. The molecule has 34 heavy (non-hydrogen) atoms. The van der Waals surface area contributed by atoms with E-state index in [0.29, 0.717) is 40.9 Å². The van der Waals surface area contributed by atoms with Crippen LogP contribution in [0.1, 0.15) is 39.5 Å². The molecule has 3 aromatic heterocycles. The highest BCUT2D eigenvalue weighted by Crippen LogP contribution is 2.36. The molecule has 5 rings (SSSR count). The van der Waals surface area contributed by atoms with Crippen molar-refractivity contribution in [3.8, 4) is 17.0 Å². The predicted molar refractivity (Wildman–Crippen MR) is 123 cm³/mol. The minimum absolute atomic E-state index is 0.0526. The second kappa shape index (κ2) is 8.46. The molecular formula is C23H27F2N7O2. The number of benzene rings is 1. The van der Waals surface area contributed by atoms with Gasteiger partial charge in [0.1, 0.15) is 17.2 Å². The van der Waals surface area contributed by atoms with Gasteiger partial charge in [0.2, 0.25) is 11.8 Å². The summed E-state index contributed by atoms with van der Waals surface area (Å²) in [5.74, 6) is 0.0612. The summed E-state index contributed by atoms with van der Waals surface area (Å²) in [6.45, 7) is 3.34. The van der Waals surface area contributed by atoms with Crippen molar-refractivity contribution in [1.29, 1.82) is 0 Å². The number of aliphatic hydroxyl groups is 1. The summed E-state index contributed by atoms with van der Waals surface area (Å²) in [7, 11) is 1.48. The lowest BCUT2D eigenvalue weighted by molar-refractivity contribution is 0.0195. The van der Waals surface area contributed by atoms with Crippen LogP contribution in [0.2, 0.25) is 0 Å². The molecule has 4 aromatic rings. The van der Waals surface area contributed by atoms with Gasteiger partial charge in [-0.25, -0.2) is 18.0 Å². The highest BCUT2D eigenvalue weighted by Gasteiger charge is 2.29. The van der Waals surface area contributed by atoms with Gasteiger partial charge in [-0.15, -0.1) is 10.2 Å². The number of fused-ring (bicyclic) bond motifs is 2. The lowest BCUT2D eigenvalue weighted by Crippen LogP contribution is -2.36. The summed E-state index contributed by atoms with van der Waals surface area (Å²) in [5, 5.41) is 26.0. The third-order valence-corrected chi connectivity index (χ3v) is 6.37. The molecule has 0 saturated heterocycles. The fourth-order valence-electron chi connectivity index (χ4n) is 4.56. The van der Waals surface area contributed by atoms with Gasteiger partial charge in [0.25, 0.3) is 0 Å². The summed E-state index contributed by atoms with van der Waals surface area (Å²) in [6.07, 6.45) is 3.11. The molecule has 1 aliphatic carbocycles. The maximum absolute atomic E-state index is 15.2.